The standard InChI is InChI=1S/C19H24N4O2/c1-19(14-20,16-7-8-16)21-17(24)13-22-9-11-23(12-10-22)18(25)15-5-3-2-4-6-15/h2-6,16H,7-13H2,1H3,(H,21,24)/t19-/m0/s1. The smallest absolute Gasteiger partial charge is 0.253 e. The minimum Gasteiger partial charge on any atom is -0.337 e. The van der Waals surface area contributed by atoms with Gasteiger partial charge in [0.15, 0.2) is 0 Å². The van der Waals surface area contributed by atoms with Crippen LogP contribution < -0.4 is 5.32 Å². The molecule has 132 valence electrons. The lowest BCUT2D eigenvalue weighted by molar-refractivity contribution is -0.124. The van der Waals surface area contributed by atoms with Crippen molar-refractivity contribution in [3.05, 3.63) is 35.9 Å². The van der Waals surface area contributed by atoms with Gasteiger partial charge in [0.1, 0.15) is 5.54 Å². The van der Waals surface area contributed by atoms with Gasteiger partial charge in [0.25, 0.3) is 5.91 Å². The second-order valence-electron chi connectivity index (χ2n) is 7.07. The molecule has 0 bridgehead atoms. The molecule has 1 aromatic rings. The van der Waals surface area contributed by atoms with Crippen molar-refractivity contribution in [3.63, 3.8) is 0 Å². The number of piperazine rings is 1. The highest BCUT2D eigenvalue weighted by atomic mass is 16.2. The van der Waals surface area contributed by atoms with Crippen LogP contribution in [0.2, 0.25) is 0 Å². The third-order valence-electron chi connectivity index (χ3n) is 5.07. The molecule has 2 aliphatic rings. The van der Waals surface area contributed by atoms with E-state index in [-0.39, 0.29) is 24.3 Å². The van der Waals surface area contributed by atoms with Crippen LogP contribution in [0.3, 0.4) is 0 Å². The maximum Gasteiger partial charge on any atom is 0.253 e. The zero-order chi connectivity index (χ0) is 17.9. The first-order chi connectivity index (χ1) is 12.0. The first-order valence-corrected chi connectivity index (χ1v) is 8.81. The van der Waals surface area contributed by atoms with Gasteiger partial charge in [-0.2, -0.15) is 5.26 Å². The summed E-state index contributed by atoms with van der Waals surface area (Å²) in [6, 6.07) is 11.5. The number of amides is 2. The third-order valence-corrected chi connectivity index (χ3v) is 5.07. The first kappa shape index (κ1) is 17.4. The molecule has 1 saturated heterocycles. The van der Waals surface area contributed by atoms with Crippen LogP contribution >= 0.6 is 0 Å². The number of hydrogen-bond donors (Lipinski definition) is 1. The molecule has 1 heterocycles. The highest BCUT2D eigenvalue weighted by Gasteiger charge is 2.43. The van der Waals surface area contributed by atoms with Crippen molar-refractivity contribution < 1.29 is 9.59 Å². The Labute approximate surface area is 148 Å². The van der Waals surface area contributed by atoms with Crippen molar-refractivity contribution in [3.8, 4) is 6.07 Å². The molecule has 1 N–H and O–H groups in total. The number of rotatable bonds is 5. The van der Waals surface area contributed by atoms with Gasteiger partial charge in [-0.05, 0) is 37.8 Å². The van der Waals surface area contributed by atoms with E-state index in [9.17, 15) is 14.9 Å². The van der Waals surface area contributed by atoms with Crippen LogP contribution in [0.5, 0.6) is 0 Å². The number of carbonyl (C=O) groups excluding carboxylic acids is 2. The van der Waals surface area contributed by atoms with Gasteiger partial charge >= 0.3 is 0 Å². The van der Waals surface area contributed by atoms with Gasteiger partial charge in [0.05, 0.1) is 12.6 Å². The fourth-order valence-corrected chi connectivity index (χ4v) is 3.29. The molecule has 1 saturated carbocycles. The predicted molar refractivity (Wildman–Crippen MR) is 93.7 cm³/mol. The Hall–Kier alpha value is -2.39. The fourth-order valence-electron chi connectivity index (χ4n) is 3.29. The normalized spacial score (nSPS) is 20.4. The number of nitriles is 1. The SMILES string of the molecule is C[C@@](C#N)(NC(=O)CN1CCN(C(=O)c2ccccc2)CC1)C1CC1. The van der Waals surface area contributed by atoms with Gasteiger partial charge in [-0.1, -0.05) is 18.2 Å². The van der Waals surface area contributed by atoms with Gasteiger partial charge in [-0.15, -0.1) is 0 Å². The second-order valence-corrected chi connectivity index (χ2v) is 7.07. The molecule has 25 heavy (non-hydrogen) atoms. The van der Waals surface area contributed by atoms with E-state index in [4.69, 9.17) is 0 Å². The predicted octanol–water partition coefficient (Wildman–Crippen LogP) is 1.25. The molecule has 2 amide bonds. The van der Waals surface area contributed by atoms with E-state index in [1.165, 1.54) is 0 Å². The summed E-state index contributed by atoms with van der Waals surface area (Å²) < 4.78 is 0. The average molecular weight is 340 g/mol. The van der Waals surface area contributed by atoms with Crippen LogP contribution in [0.4, 0.5) is 0 Å². The van der Waals surface area contributed by atoms with Crippen LogP contribution in [0.1, 0.15) is 30.1 Å². The molecular weight excluding hydrogens is 316 g/mol. The molecule has 1 aliphatic heterocycles. The van der Waals surface area contributed by atoms with Crippen LogP contribution in [0.25, 0.3) is 0 Å². The molecule has 1 atom stereocenters. The van der Waals surface area contributed by atoms with Crippen molar-refractivity contribution in [1.82, 2.24) is 15.1 Å². The molecule has 2 fully saturated rings. The van der Waals surface area contributed by atoms with E-state index in [0.717, 1.165) is 12.8 Å². The molecule has 6 heteroatoms. The Bertz CT molecular complexity index is 672. The van der Waals surface area contributed by atoms with Crippen molar-refractivity contribution in [2.45, 2.75) is 25.3 Å². The van der Waals surface area contributed by atoms with Crippen LogP contribution in [-0.4, -0.2) is 59.9 Å². The van der Waals surface area contributed by atoms with Crippen LogP contribution in [0.15, 0.2) is 30.3 Å². The van der Waals surface area contributed by atoms with E-state index in [0.29, 0.717) is 31.7 Å². The third kappa shape index (κ3) is 4.18. The summed E-state index contributed by atoms with van der Waals surface area (Å²) in [6.45, 7) is 4.63. The molecule has 1 aliphatic carbocycles. The maximum atomic E-state index is 12.4. The van der Waals surface area contributed by atoms with E-state index >= 15 is 0 Å². The zero-order valence-corrected chi connectivity index (χ0v) is 14.6. The highest BCUT2D eigenvalue weighted by Crippen LogP contribution is 2.39. The van der Waals surface area contributed by atoms with Crippen molar-refractivity contribution in [2.75, 3.05) is 32.7 Å². The average Bonchev–Trinajstić information content (AvgIpc) is 3.48. The first-order valence-electron chi connectivity index (χ1n) is 8.81. The van der Waals surface area contributed by atoms with Crippen LogP contribution in [0, 0.1) is 17.2 Å². The fraction of sp³-hybridized carbons (Fsp3) is 0.526. The van der Waals surface area contributed by atoms with E-state index < -0.39 is 5.54 Å². The maximum absolute atomic E-state index is 12.4. The topological polar surface area (TPSA) is 76.4 Å². The Morgan fingerprint density at radius 1 is 1.20 bits per heavy atom. The van der Waals surface area contributed by atoms with E-state index in [2.05, 4.69) is 11.4 Å². The Balaban J connectivity index is 1.47. The lowest BCUT2D eigenvalue weighted by atomic mass is 9.98. The number of benzene rings is 1. The Morgan fingerprint density at radius 2 is 1.84 bits per heavy atom. The van der Waals surface area contributed by atoms with Gasteiger partial charge < -0.3 is 10.2 Å². The summed E-state index contributed by atoms with van der Waals surface area (Å²) in [6.07, 6.45) is 2.01. The summed E-state index contributed by atoms with van der Waals surface area (Å²) in [5.74, 6) is 0.205. The zero-order valence-electron chi connectivity index (χ0n) is 14.6. The van der Waals surface area contributed by atoms with Gasteiger partial charge in [-0.3, -0.25) is 14.5 Å². The Kier molecular flexibility index (Phi) is 5.05. The molecule has 0 spiro atoms. The molecular formula is C19H24N4O2. The monoisotopic (exact) mass is 340 g/mol. The highest BCUT2D eigenvalue weighted by molar-refractivity contribution is 5.94. The minimum absolute atomic E-state index is 0.0375. The summed E-state index contributed by atoms with van der Waals surface area (Å²) in [5, 5.41) is 12.2. The molecule has 0 unspecified atom stereocenters. The largest absolute Gasteiger partial charge is 0.337 e. The Morgan fingerprint density at radius 3 is 2.40 bits per heavy atom. The number of hydrogen-bond acceptors (Lipinski definition) is 4. The van der Waals surface area contributed by atoms with E-state index in [1.54, 1.807) is 6.92 Å². The number of carbonyl (C=O) groups is 2. The molecule has 1 aromatic carbocycles. The number of nitrogens with zero attached hydrogens (tertiary/aromatic N) is 3. The molecule has 0 aromatic heterocycles. The minimum atomic E-state index is -0.748. The molecule has 3 rings (SSSR count). The quantitative estimate of drug-likeness (QED) is 0.875. The van der Waals surface area contributed by atoms with Crippen molar-refractivity contribution in [1.29, 1.82) is 5.26 Å². The lowest BCUT2D eigenvalue weighted by Crippen LogP contribution is -2.54. The second kappa shape index (κ2) is 7.24. The summed E-state index contributed by atoms with van der Waals surface area (Å²) >= 11 is 0. The van der Waals surface area contributed by atoms with Gasteiger partial charge in [0, 0.05) is 31.7 Å². The van der Waals surface area contributed by atoms with Crippen molar-refractivity contribution in [2.24, 2.45) is 5.92 Å². The summed E-state index contributed by atoms with van der Waals surface area (Å²) in [4.78, 5) is 28.6. The lowest BCUT2D eigenvalue weighted by Gasteiger charge is -2.35. The van der Waals surface area contributed by atoms with Crippen LogP contribution in [-0.2, 0) is 4.79 Å². The molecule has 0 radical (unpaired) electrons. The summed E-state index contributed by atoms with van der Waals surface area (Å²) in [7, 11) is 0. The number of nitrogens with one attached hydrogen (secondary N) is 1. The van der Waals surface area contributed by atoms with Gasteiger partial charge in [0.2, 0.25) is 5.91 Å². The van der Waals surface area contributed by atoms with E-state index in [1.807, 2.05) is 40.1 Å². The molecule has 6 nitrogen and oxygen atoms in total. The van der Waals surface area contributed by atoms with Gasteiger partial charge in [-0.25, -0.2) is 0 Å². The summed E-state index contributed by atoms with van der Waals surface area (Å²) in [5.41, 5.74) is -0.0507. The van der Waals surface area contributed by atoms with Crippen molar-refractivity contribution >= 4 is 11.8 Å².